The predicted octanol–water partition coefficient (Wildman–Crippen LogP) is 2.40. The molecule has 7 heteroatoms. The van der Waals surface area contributed by atoms with Gasteiger partial charge in [0.05, 0.1) is 4.90 Å². The van der Waals surface area contributed by atoms with E-state index in [2.05, 4.69) is 5.32 Å². The van der Waals surface area contributed by atoms with Crippen molar-refractivity contribution in [1.29, 1.82) is 0 Å². The third kappa shape index (κ3) is 4.42. The molecule has 0 bridgehead atoms. The molecule has 0 aliphatic rings. The Hall–Kier alpha value is -2.67. The van der Waals surface area contributed by atoms with Gasteiger partial charge in [-0.25, -0.2) is 13.1 Å². The van der Waals surface area contributed by atoms with Crippen LogP contribution in [0.3, 0.4) is 0 Å². The number of amides is 2. The van der Waals surface area contributed by atoms with Crippen LogP contribution < -0.4 is 10.0 Å². The summed E-state index contributed by atoms with van der Waals surface area (Å²) in [5.74, 6) is -1.05. The summed E-state index contributed by atoms with van der Waals surface area (Å²) in [7, 11) is -3.98. The maximum atomic E-state index is 12.2. The number of nitrogens with one attached hydrogen (secondary N) is 2. The van der Waals surface area contributed by atoms with Crippen LogP contribution in [0.4, 0.5) is 5.69 Å². The third-order valence-electron chi connectivity index (χ3n) is 3.22. The van der Waals surface area contributed by atoms with E-state index in [4.69, 9.17) is 0 Å². The molecular weight excluding hydrogens is 328 g/mol. The van der Waals surface area contributed by atoms with Gasteiger partial charge in [0, 0.05) is 17.2 Å². The second kappa shape index (κ2) is 7.27. The topological polar surface area (TPSA) is 92.3 Å². The van der Waals surface area contributed by atoms with E-state index in [1.807, 2.05) is 4.72 Å². The van der Waals surface area contributed by atoms with Gasteiger partial charge in [-0.05, 0) is 36.4 Å². The maximum absolute atomic E-state index is 12.2. The molecule has 0 fully saturated rings. The zero-order valence-corrected chi connectivity index (χ0v) is 14.1. The van der Waals surface area contributed by atoms with Crippen LogP contribution in [0.25, 0.3) is 0 Å². The minimum atomic E-state index is -3.98. The Morgan fingerprint density at radius 1 is 0.917 bits per heavy atom. The third-order valence-corrected chi connectivity index (χ3v) is 4.57. The lowest BCUT2D eigenvalue weighted by molar-refractivity contribution is -0.118. The molecule has 2 amide bonds. The first-order chi connectivity index (χ1) is 11.3. The summed E-state index contributed by atoms with van der Waals surface area (Å²) in [4.78, 5) is 23.5. The fraction of sp³-hybridized carbons (Fsp3) is 0.176. The minimum Gasteiger partial charge on any atom is -0.326 e. The van der Waals surface area contributed by atoms with Crippen LogP contribution >= 0.6 is 0 Å². The largest absolute Gasteiger partial charge is 0.326 e. The number of rotatable bonds is 5. The SMILES string of the molecule is CC(C)C(=O)Nc1ccc(S(=O)(=O)NC(=O)c2ccccc2)cc1. The van der Waals surface area contributed by atoms with Crippen LogP contribution in [0.15, 0.2) is 59.5 Å². The molecule has 0 saturated carbocycles. The first-order valence-electron chi connectivity index (χ1n) is 7.33. The zero-order chi connectivity index (χ0) is 17.7. The fourth-order valence-electron chi connectivity index (χ4n) is 1.83. The Morgan fingerprint density at radius 2 is 1.50 bits per heavy atom. The molecule has 0 aromatic heterocycles. The molecule has 0 atom stereocenters. The first kappa shape index (κ1) is 17.7. The standard InChI is InChI=1S/C17H18N2O4S/c1-12(2)16(20)18-14-8-10-15(11-9-14)24(22,23)19-17(21)13-6-4-3-5-7-13/h3-12H,1-2H3,(H,18,20)(H,19,21). The molecule has 2 rings (SSSR count). The van der Waals surface area contributed by atoms with E-state index in [1.165, 1.54) is 36.4 Å². The Labute approximate surface area is 140 Å². The molecule has 2 N–H and O–H groups in total. The van der Waals surface area contributed by atoms with Gasteiger partial charge in [0.25, 0.3) is 15.9 Å². The molecule has 2 aromatic rings. The van der Waals surface area contributed by atoms with Crippen molar-refractivity contribution in [2.75, 3.05) is 5.32 Å². The van der Waals surface area contributed by atoms with Crippen molar-refractivity contribution in [3.05, 3.63) is 60.2 Å². The van der Waals surface area contributed by atoms with Gasteiger partial charge in [-0.3, -0.25) is 9.59 Å². The number of benzene rings is 2. The summed E-state index contributed by atoms with van der Waals surface area (Å²) in [6, 6.07) is 13.7. The maximum Gasteiger partial charge on any atom is 0.264 e. The molecule has 24 heavy (non-hydrogen) atoms. The van der Waals surface area contributed by atoms with Crippen molar-refractivity contribution in [3.8, 4) is 0 Å². The smallest absolute Gasteiger partial charge is 0.264 e. The molecule has 126 valence electrons. The van der Waals surface area contributed by atoms with E-state index >= 15 is 0 Å². The molecule has 2 aromatic carbocycles. The van der Waals surface area contributed by atoms with E-state index in [0.717, 1.165) is 0 Å². The van der Waals surface area contributed by atoms with Gasteiger partial charge < -0.3 is 5.32 Å². The monoisotopic (exact) mass is 346 g/mol. The average Bonchev–Trinajstić information content (AvgIpc) is 2.55. The molecule has 6 nitrogen and oxygen atoms in total. The first-order valence-corrected chi connectivity index (χ1v) is 8.81. The molecule has 0 spiro atoms. The van der Waals surface area contributed by atoms with Crippen LogP contribution in [0.5, 0.6) is 0 Å². The molecule has 0 radical (unpaired) electrons. The normalized spacial score (nSPS) is 11.1. The van der Waals surface area contributed by atoms with Crippen LogP contribution in [-0.2, 0) is 14.8 Å². The minimum absolute atomic E-state index is 0.0608. The fourth-order valence-corrected chi connectivity index (χ4v) is 2.81. The molecule has 0 aliphatic heterocycles. The lowest BCUT2D eigenvalue weighted by atomic mass is 10.2. The van der Waals surface area contributed by atoms with E-state index in [0.29, 0.717) is 5.69 Å². The van der Waals surface area contributed by atoms with E-state index < -0.39 is 15.9 Å². The van der Waals surface area contributed by atoms with Crippen molar-refractivity contribution < 1.29 is 18.0 Å². The lowest BCUT2D eigenvalue weighted by Crippen LogP contribution is -2.30. The summed E-state index contributed by atoms with van der Waals surface area (Å²) < 4.78 is 26.5. The molecule has 0 saturated heterocycles. The van der Waals surface area contributed by atoms with Gasteiger partial charge >= 0.3 is 0 Å². The van der Waals surface area contributed by atoms with Crippen LogP contribution in [-0.4, -0.2) is 20.2 Å². The highest BCUT2D eigenvalue weighted by molar-refractivity contribution is 7.90. The van der Waals surface area contributed by atoms with Gasteiger partial charge in [-0.15, -0.1) is 0 Å². The van der Waals surface area contributed by atoms with Crippen molar-refractivity contribution >= 4 is 27.5 Å². The summed E-state index contributed by atoms with van der Waals surface area (Å²) in [6.45, 7) is 3.51. The van der Waals surface area contributed by atoms with Gasteiger partial charge in [0.2, 0.25) is 5.91 Å². The summed E-state index contributed by atoms with van der Waals surface area (Å²) in [5, 5.41) is 2.67. The quantitative estimate of drug-likeness (QED) is 0.869. The molecule has 0 heterocycles. The molecular formula is C17H18N2O4S. The molecule has 0 aliphatic carbocycles. The van der Waals surface area contributed by atoms with E-state index in [-0.39, 0.29) is 22.3 Å². The highest BCUT2D eigenvalue weighted by atomic mass is 32.2. The summed E-state index contributed by atoms with van der Waals surface area (Å²) in [6.07, 6.45) is 0. The van der Waals surface area contributed by atoms with Crippen LogP contribution in [0, 0.1) is 5.92 Å². The highest BCUT2D eigenvalue weighted by Crippen LogP contribution is 2.15. The van der Waals surface area contributed by atoms with Gasteiger partial charge in [-0.1, -0.05) is 32.0 Å². The van der Waals surface area contributed by atoms with Crippen molar-refractivity contribution in [1.82, 2.24) is 4.72 Å². The number of sulfonamides is 1. The van der Waals surface area contributed by atoms with Crippen LogP contribution in [0.2, 0.25) is 0 Å². The number of hydrogen-bond donors (Lipinski definition) is 2. The predicted molar refractivity (Wildman–Crippen MR) is 91.0 cm³/mol. The number of anilines is 1. The summed E-state index contributed by atoms with van der Waals surface area (Å²) in [5.41, 5.74) is 0.740. The van der Waals surface area contributed by atoms with Gasteiger partial charge in [0.1, 0.15) is 0 Å². The van der Waals surface area contributed by atoms with E-state index in [9.17, 15) is 18.0 Å². The van der Waals surface area contributed by atoms with Crippen molar-refractivity contribution in [2.24, 2.45) is 5.92 Å². The second-order valence-corrected chi connectivity index (χ2v) is 7.15. The Bertz CT molecular complexity index is 829. The number of hydrogen-bond acceptors (Lipinski definition) is 4. The van der Waals surface area contributed by atoms with Gasteiger partial charge in [0.15, 0.2) is 0 Å². The number of carbonyl (C=O) groups is 2. The Balaban J connectivity index is 2.12. The van der Waals surface area contributed by atoms with Crippen molar-refractivity contribution in [2.45, 2.75) is 18.7 Å². The van der Waals surface area contributed by atoms with E-state index in [1.54, 1.807) is 32.0 Å². The number of carbonyl (C=O) groups excluding carboxylic acids is 2. The average molecular weight is 346 g/mol. The van der Waals surface area contributed by atoms with Crippen LogP contribution in [0.1, 0.15) is 24.2 Å². The van der Waals surface area contributed by atoms with Crippen molar-refractivity contribution in [3.63, 3.8) is 0 Å². The molecule has 0 unspecified atom stereocenters. The second-order valence-electron chi connectivity index (χ2n) is 5.47. The van der Waals surface area contributed by atoms with Gasteiger partial charge in [-0.2, -0.15) is 0 Å². The highest BCUT2D eigenvalue weighted by Gasteiger charge is 2.18. The zero-order valence-electron chi connectivity index (χ0n) is 13.3. The lowest BCUT2D eigenvalue weighted by Gasteiger charge is -2.10. The Kier molecular flexibility index (Phi) is 5.35. The Morgan fingerprint density at radius 3 is 2.04 bits per heavy atom. The summed E-state index contributed by atoms with van der Waals surface area (Å²) >= 11 is 0.